The molecule has 0 fully saturated rings. The average Bonchev–Trinajstić information content (AvgIpc) is 2.94. The van der Waals surface area contributed by atoms with Crippen LogP contribution >= 0.6 is 0 Å². The number of aromatic amines is 1. The Kier molecular flexibility index (Phi) is 4.88. The van der Waals surface area contributed by atoms with Crippen molar-refractivity contribution in [2.75, 3.05) is 27.8 Å². The van der Waals surface area contributed by atoms with Crippen LogP contribution in [0.4, 0.5) is 0 Å². The van der Waals surface area contributed by atoms with Crippen LogP contribution in [0.5, 0.6) is 11.5 Å². The number of methoxy groups -OCH3 is 2. The molecule has 0 unspecified atom stereocenters. The highest BCUT2D eigenvalue weighted by Crippen LogP contribution is 2.45. The summed E-state index contributed by atoms with van der Waals surface area (Å²) < 4.78 is 22.0. The van der Waals surface area contributed by atoms with Crippen LogP contribution in [-0.2, 0) is 14.9 Å². The van der Waals surface area contributed by atoms with Crippen molar-refractivity contribution in [3.8, 4) is 11.5 Å². The summed E-state index contributed by atoms with van der Waals surface area (Å²) in [5, 5.41) is 2.26. The number of aromatic nitrogens is 1. The molecule has 0 aliphatic heterocycles. The van der Waals surface area contributed by atoms with Crippen LogP contribution in [0.25, 0.3) is 21.8 Å². The number of hydrogen-bond donors (Lipinski definition) is 1. The van der Waals surface area contributed by atoms with Gasteiger partial charge in [-0.1, -0.05) is 39.0 Å². The third-order valence-corrected chi connectivity index (χ3v) is 4.13. The second-order valence-corrected chi connectivity index (χ2v) is 7.02. The van der Waals surface area contributed by atoms with Crippen LogP contribution in [-0.4, -0.2) is 32.8 Å². The van der Waals surface area contributed by atoms with Crippen LogP contribution in [0.15, 0.2) is 30.3 Å². The lowest BCUT2D eigenvalue weighted by atomic mass is 9.84. The maximum atomic E-state index is 5.92. The minimum absolute atomic E-state index is 0.151. The molecule has 1 heterocycles. The van der Waals surface area contributed by atoms with E-state index in [2.05, 4.69) is 37.9 Å². The summed E-state index contributed by atoms with van der Waals surface area (Å²) in [5.41, 5.74) is 3.05. The van der Waals surface area contributed by atoms with Crippen LogP contribution in [0.2, 0.25) is 0 Å². The predicted octanol–water partition coefficient (Wildman–Crippen LogP) is 4.58. The number of ether oxygens (including phenoxy) is 4. The maximum Gasteiger partial charge on any atom is 0.188 e. The lowest BCUT2D eigenvalue weighted by Crippen LogP contribution is -2.16. The van der Waals surface area contributed by atoms with E-state index < -0.39 is 0 Å². The number of nitrogens with one attached hydrogen (secondary N) is 1. The minimum Gasteiger partial charge on any atom is -0.464 e. The van der Waals surface area contributed by atoms with Crippen molar-refractivity contribution in [3.05, 3.63) is 35.9 Å². The molecule has 0 amide bonds. The van der Waals surface area contributed by atoms with Gasteiger partial charge in [0.15, 0.2) is 25.1 Å². The Morgan fingerprint density at radius 3 is 2.28 bits per heavy atom. The highest BCUT2D eigenvalue weighted by molar-refractivity contribution is 6.09. The van der Waals surface area contributed by atoms with Gasteiger partial charge in [-0.25, -0.2) is 0 Å². The molecule has 0 aliphatic rings. The van der Waals surface area contributed by atoms with Crippen molar-refractivity contribution in [3.63, 3.8) is 0 Å². The zero-order valence-corrected chi connectivity index (χ0v) is 15.4. The molecule has 25 heavy (non-hydrogen) atoms. The first-order valence-electron chi connectivity index (χ1n) is 8.28. The highest BCUT2D eigenvalue weighted by Gasteiger charge is 2.28. The van der Waals surface area contributed by atoms with Gasteiger partial charge < -0.3 is 23.9 Å². The zero-order chi connectivity index (χ0) is 18.0. The molecule has 3 aromatic rings. The zero-order valence-electron chi connectivity index (χ0n) is 15.4. The highest BCUT2D eigenvalue weighted by atomic mass is 16.7. The molecule has 1 aromatic heterocycles. The fourth-order valence-electron chi connectivity index (χ4n) is 3.15. The molecular weight excluding hydrogens is 318 g/mol. The third-order valence-electron chi connectivity index (χ3n) is 4.13. The molecule has 5 heteroatoms. The SMILES string of the molecule is COCOc1cc2c([nH]c3ccccc32)c(C(C)(C)C)c1OCOC. The molecule has 0 saturated heterocycles. The number of rotatable bonds is 6. The van der Waals surface area contributed by atoms with Gasteiger partial charge in [0, 0.05) is 36.1 Å². The lowest BCUT2D eigenvalue weighted by molar-refractivity contribution is 0.0314. The van der Waals surface area contributed by atoms with Gasteiger partial charge in [0.25, 0.3) is 0 Å². The van der Waals surface area contributed by atoms with Crippen molar-refractivity contribution < 1.29 is 18.9 Å². The van der Waals surface area contributed by atoms with E-state index in [1.54, 1.807) is 14.2 Å². The Labute approximate surface area is 147 Å². The molecule has 0 bridgehead atoms. The van der Waals surface area contributed by atoms with E-state index in [9.17, 15) is 0 Å². The Hall–Kier alpha value is -2.24. The number of H-pyrrole nitrogens is 1. The van der Waals surface area contributed by atoms with E-state index in [4.69, 9.17) is 18.9 Å². The van der Waals surface area contributed by atoms with E-state index in [0.717, 1.165) is 27.4 Å². The van der Waals surface area contributed by atoms with Crippen molar-refractivity contribution in [1.29, 1.82) is 0 Å². The van der Waals surface area contributed by atoms with Gasteiger partial charge in [-0.2, -0.15) is 0 Å². The second-order valence-electron chi connectivity index (χ2n) is 7.02. The van der Waals surface area contributed by atoms with Gasteiger partial charge in [0.2, 0.25) is 0 Å². The number of benzene rings is 2. The first-order valence-corrected chi connectivity index (χ1v) is 8.28. The van der Waals surface area contributed by atoms with Crippen molar-refractivity contribution >= 4 is 21.8 Å². The van der Waals surface area contributed by atoms with Crippen molar-refractivity contribution in [2.24, 2.45) is 0 Å². The maximum absolute atomic E-state index is 5.92. The quantitative estimate of drug-likeness (QED) is 0.666. The molecular formula is C20H25NO4. The minimum atomic E-state index is -0.158. The molecule has 0 radical (unpaired) electrons. The third kappa shape index (κ3) is 3.30. The molecule has 0 spiro atoms. The predicted molar refractivity (Wildman–Crippen MR) is 99.5 cm³/mol. The Morgan fingerprint density at radius 1 is 0.920 bits per heavy atom. The van der Waals surface area contributed by atoms with Crippen LogP contribution in [0.3, 0.4) is 0 Å². The molecule has 3 rings (SSSR count). The monoisotopic (exact) mass is 343 g/mol. The lowest BCUT2D eigenvalue weighted by Gasteiger charge is -2.25. The summed E-state index contributed by atoms with van der Waals surface area (Å²) in [6.45, 7) is 6.78. The fourth-order valence-corrected chi connectivity index (χ4v) is 3.15. The summed E-state index contributed by atoms with van der Waals surface area (Å²) in [4.78, 5) is 3.55. The average molecular weight is 343 g/mol. The molecule has 134 valence electrons. The number of fused-ring (bicyclic) bond motifs is 3. The summed E-state index contributed by atoms with van der Waals surface area (Å²) in [5.74, 6) is 1.34. The van der Waals surface area contributed by atoms with Crippen LogP contribution in [0.1, 0.15) is 26.3 Å². The van der Waals surface area contributed by atoms with Gasteiger partial charge in [0.05, 0.1) is 5.52 Å². The van der Waals surface area contributed by atoms with E-state index in [-0.39, 0.29) is 19.0 Å². The number of hydrogen-bond acceptors (Lipinski definition) is 4. The normalized spacial score (nSPS) is 12.0. The molecule has 0 aliphatic carbocycles. The van der Waals surface area contributed by atoms with E-state index in [1.807, 2.05) is 18.2 Å². The van der Waals surface area contributed by atoms with Gasteiger partial charge >= 0.3 is 0 Å². The first kappa shape index (κ1) is 17.6. The molecule has 1 N–H and O–H groups in total. The van der Waals surface area contributed by atoms with Gasteiger partial charge in [-0.15, -0.1) is 0 Å². The molecule has 5 nitrogen and oxygen atoms in total. The Morgan fingerprint density at radius 2 is 1.60 bits per heavy atom. The van der Waals surface area contributed by atoms with E-state index in [1.165, 1.54) is 0 Å². The summed E-state index contributed by atoms with van der Waals surface area (Å²) >= 11 is 0. The van der Waals surface area contributed by atoms with E-state index >= 15 is 0 Å². The topological polar surface area (TPSA) is 52.7 Å². The fraction of sp³-hybridized carbons (Fsp3) is 0.400. The summed E-state index contributed by atoms with van der Waals surface area (Å²) in [7, 11) is 3.21. The van der Waals surface area contributed by atoms with Crippen molar-refractivity contribution in [1.82, 2.24) is 4.98 Å². The first-order chi connectivity index (χ1) is 12.0. The summed E-state index contributed by atoms with van der Waals surface area (Å²) in [6, 6.07) is 10.3. The molecule has 0 saturated carbocycles. The van der Waals surface area contributed by atoms with Gasteiger partial charge in [-0.3, -0.25) is 0 Å². The molecule has 0 atom stereocenters. The summed E-state index contributed by atoms with van der Waals surface area (Å²) in [6.07, 6.45) is 0. The Bertz CT molecular complexity index is 877. The Balaban J connectivity index is 2.35. The van der Waals surface area contributed by atoms with Gasteiger partial charge in [0.1, 0.15) is 0 Å². The van der Waals surface area contributed by atoms with Gasteiger partial charge in [-0.05, 0) is 17.5 Å². The second kappa shape index (κ2) is 6.94. The number of para-hydroxylation sites is 1. The standard InChI is InChI=1S/C20H25NO4/c1-20(2,3)17-18-14(13-8-6-7-9-15(13)21-18)10-16(24-11-22-4)19(17)25-12-23-5/h6-10,21H,11-12H2,1-5H3. The van der Waals surface area contributed by atoms with Crippen LogP contribution in [0, 0.1) is 0 Å². The van der Waals surface area contributed by atoms with Crippen LogP contribution < -0.4 is 9.47 Å². The smallest absolute Gasteiger partial charge is 0.188 e. The largest absolute Gasteiger partial charge is 0.464 e. The van der Waals surface area contributed by atoms with Crippen molar-refractivity contribution in [2.45, 2.75) is 26.2 Å². The van der Waals surface area contributed by atoms with E-state index in [0.29, 0.717) is 11.5 Å². The molecule has 2 aromatic carbocycles.